The summed E-state index contributed by atoms with van der Waals surface area (Å²) in [6.45, 7) is 7.52. The molecule has 1 aromatic heterocycles. The lowest BCUT2D eigenvalue weighted by atomic mass is 10.0. The van der Waals surface area contributed by atoms with E-state index in [0.29, 0.717) is 5.91 Å². The number of aromatic nitrogens is 2. The Kier molecular flexibility index (Phi) is 4.60. The van der Waals surface area contributed by atoms with Crippen molar-refractivity contribution in [3.05, 3.63) is 17.3 Å². The molecule has 0 N–H and O–H groups in total. The summed E-state index contributed by atoms with van der Waals surface area (Å²) in [5.41, 5.74) is 2.53. The topological polar surface area (TPSA) is 49.3 Å². The van der Waals surface area contributed by atoms with Gasteiger partial charge in [-0.15, -0.1) is 5.10 Å². The van der Waals surface area contributed by atoms with Crippen molar-refractivity contribution in [1.82, 2.24) is 15.1 Å². The minimum Gasteiger partial charge on any atom is -0.352 e. The van der Waals surface area contributed by atoms with E-state index < -0.39 is 0 Å². The minimum atomic E-state index is 0.186. The number of anilines is 1. The summed E-state index contributed by atoms with van der Waals surface area (Å²) in [6, 6.07) is 2.20. The van der Waals surface area contributed by atoms with Crippen molar-refractivity contribution in [1.29, 1.82) is 0 Å². The Hall–Kier alpha value is -1.65. The molecule has 1 amide bonds. The van der Waals surface area contributed by atoms with Gasteiger partial charge >= 0.3 is 0 Å². The van der Waals surface area contributed by atoms with Crippen LogP contribution in [-0.2, 0) is 17.6 Å². The number of aryl methyl sites for hydroxylation is 2. The van der Waals surface area contributed by atoms with E-state index in [-0.39, 0.29) is 5.92 Å². The molecule has 0 radical (unpaired) electrons. The summed E-state index contributed by atoms with van der Waals surface area (Å²) in [4.78, 5) is 16.7. The molecular weight excluding hydrogens is 276 g/mol. The molecule has 3 rings (SSSR count). The van der Waals surface area contributed by atoms with Crippen molar-refractivity contribution in [3.8, 4) is 0 Å². The Balaban J connectivity index is 1.61. The number of hydrogen-bond donors (Lipinski definition) is 0. The maximum absolute atomic E-state index is 12.4. The molecule has 2 aliphatic rings. The van der Waals surface area contributed by atoms with Crippen LogP contribution in [0.5, 0.6) is 0 Å². The molecule has 1 aliphatic carbocycles. The average Bonchev–Trinajstić information content (AvgIpc) is 3.03. The Labute approximate surface area is 132 Å². The highest BCUT2D eigenvalue weighted by Gasteiger charge is 2.26. The maximum atomic E-state index is 12.4. The van der Waals surface area contributed by atoms with Crippen LogP contribution in [0.15, 0.2) is 6.07 Å². The highest BCUT2D eigenvalue weighted by atomic mass is 16.2. The van der Waals surface area contributed by atoms with Crippen molar-refractivity contribution >= 4 is 11.7 Å². The monoisotopic (exact) mass is 302 g/mol. The molecule has 0 atom stereocenters. The number of nitrogens with zero attached hydrogens (tertiary/aromatic N) is 4. The second-order valence-corrected chi connectivity index (χ2v) is 6.35. The number of carbonyl (C=O) groups is 1. The maximum Gasteiger partial charge on any atom is 0.225 e. The third-order valence-electron chi connectivity index (χ3n) is 5.06. The summed E-state index contributed by atoms with van der Waals surface area (Å²) in [5.74, 6) is 1.49. The van der Waals surface area contributed by atoms with Gasteiger partial charge in [0.05, 0.1) is 5.69 Å². The van der Waals surface area contributed by atoms with Crippen molar-refractivity contribution in [2.24, 2.45) is 5.92 Å². The quantitative estimate of drug-likeness (QED) is 0.854. The number of amides is 1. The van der Waals surface area contributed by atoms with E-state index in [9.17, 15) is 4.79 Å². The van der Waals surface area contributed by atoms with Gasteiger partial charge < -0.3 is 9.80 Å². The van der Waals surface area contributed by atoms with Gasteiger partial charge in [-0.1, -0.05) is 13.8 Å². The zero-order valence-corrected chi connectivity index (χ0v) is 13.7. The van der Waals surface area contributed by atoms with E-state index >= 15 is 0 Å². The van der Waals surface area contributed by atoms with Crippen LogP contribution < -0.4 is 4.90 Å². The first kappa shape index (κ1) is 15.3. The van der Waals surface area contributed by atoms with Crippen LogP contribution in [0.25, 0.3) is 0 Å². The SMILES string of the molecule is CCC(CC)C(=O)N1CCN(c2cc3c(nn2)CCC3)CC1. The lowest BCUT2D eigenvalue weighted by Crippen LogP contribution is -2.50. The van der Waals surface area contributed by atoms with Gasteiger partial charge in [0.25, 0.3) is 0 Å². The molecule has 5 nitrogen and oxygen atoms in total. The van der Waals surface area contributed by atoms with Crippen molar-refractivity contribution in [2.75, 3.05) is 31.1 Å². The van der Waals surface area contributed by atoms with Crippen LogP contribution in [0.2, 0.25) is 0 Å². The van der Waals surface area contributed by atoms with E-state index in [0.717, 1.165) is 57.7 Å². The summed E-state index contributed by atoms with van der Waals surface area (Å²) in [5, 5.41) is 8.75. The zero-order valence-electron chi connectivity index (χ0n) is 13.7. The third kappa shape index (κ3) is 2.94. The Bertz CT molecular complexity index is 533. The predicted molar refractivity (Wildman–Crippen MR) is 86.9 cm³/mol. The summed E-state index contributed by atoms with van der Waals surface area (Å²) < 4.78 is 0. The fourth-order valence-corrected chi connectivity index (χ4v) is 3.52. The summed E-state index contributed by atoms with van der Waals surface area (Å²) in [7, 11) is 0. The normalized spacial score (nSPS) is 18.0. The number of piperazine rings is 1. The van der Waals surface area contributed by atoms with E-state index in [1.807, 2.05) is 4.90 Å². The molecule has 1 fully saturated rings. The predicted octanol–water partition coefficient (Wildman–Crippen LogP) is 2.05. The molecule has 1 saturated heterocycles. The first-order valence-electron chi connectivity index (χ1n) is 8.62. The van der Waals surface area contributed by atoms with Gasteiger partial charge in [-0.25, -0.2) is 0 Å². The van der Waals surface area contributed by atoms with E-state index in [4.69, 9.17) is 0 Å². The van der Waals surface area contributed by atoms with Gasteiger partial charge in [-0.3, -0.25) is 4.79 Å². The average molecular weight is 302 g/mol. The van der Waals surface area contributed by atoms with Crippen molar-refractivity contribution < 1.29 is 4.79 Å². The van der Waals surface area contributed by atoms with Crippen molar-refractivity contribution in [2.45, 2.75) is 46.0 Å². The summed E-state index contributed by atoms with van der Waals surface area (Å²) >= 11 is 0. The largest absolute Gasteiger partial charge is 0.352 e. The number of carbonyl (C=O) groups excluding carboxylic acids is 1. The number of rotatable bonds is 4. The standard InChI is InChI=1S/C17H26N4O/c1-3-13(4-2)17(22)21-10-8-20(9-11-21)16-12-14-6-5-7-15(14)18-19-16/h12-13H,3-11H2,1-2H3. The van der Waals surface area contributed by atoms with Gasteiger partial charge in [-0.05, 0) is 43.7 Å². The third-order valence-corrected chi connectivity index (χ3v) is 5.06. The van der Waals surface area contributed by atoms with Gasteiger partial charge in [-0.2, -0.15) is 5.10 Å². The lowest BCUT2D eigenvalue weighted by molar-refractivity contribution is -0.136. The first-order chi connectivity index (χ1) is 10.7. The molecule has 2 heterocycles. The molecule has 120 valence electrons. The van der Waals surface area contributed by atoms with Gasteiger partial charge in [0.15, 0.2) is 5.82 Å². The molecule has 1 aliphatic heterocycles. The molecule has 0 aromatic carbocycles. The van der Waals surface area contributed by atoms with Crippen LogP contribution in [0.4, 0.5) is 5.82 Å². The molecular formula is C17H26N4O. The molecule has 0 unspecified atom stereocenters. The molecule has 0 saturated carbocycles. The fourth-order valence-electron chi connectivity index (χ4n) is 3.52. The molecule has 22 heavy (non-hydrogen) atoms. The highest BCUT2D eigenvalue weighted by Crippen LogP contribution is 2.23. The zero-order chi connectivity index (χ0) is 15.5. The van der Waals surface area contributed by atoms with Crippen molar-refractivity contribution in [3.63, 3.8) is 0 Å². The Morgan fingerprint density at radius 3 is 2.55 bits per heavy atom. The second-order valence-electron chi connectivity index (χ2n) is 6.35. The van der Waals surface area contributed by atoms with E-state index in [2.05, 4.69) is 35.0 Å². The van der Waals surface area contributed by atoms with Gasteiger partial charge in [0.2, 0.25) is 5.91 Å². The second kappa shape index (κ2) is 6.63. The number of fused-ring (bicyclic) bond motifs is 1. The van der Waals surface area contributed by atoms with Crippen LogP contribution in [-0.4, -0.2) is 47.2 Å². The lowest BCUT2D eigenvalue weighted by Gasteiger charge is -2.36. The van der Waals surface area contributed by atoms with Crippen LogP contribution >= 0.6 is 0 Å². The minimum absolute atomic E-state index is 0.186. The Morgan fingerprint density at radius 1 is 1.14 bits per heavy atom. The van der Waals surface area contributed by atoms with E-state index in [1.165, 1.54) is 17.7 Å². The molecule has 0 bridgehead atoms. The number of hydrogen-bond acceptors (Lipinski definition) is 4. The molecule has 1 aromatic rings. The van der Waals surface area contributed by atoms with Crippen LogP contribution in [0.1, 0.15) is 44.4 Å². The van der Waals surface area contributed by atoms with Crippen LogP contribution in [0, 0.1) is 5.92 Å². The molecule has 5 heteroatoms. The van der Waals surface area contributed by atoms with E-state index in [1.54, 1.807) is 0 Å². The highest BCUT2D eigenvalue weighted by molar-refractivity contribution is 5.79. The smallest absolute Gasteiger partial charge is 0.225 e. The van der Waals surface area contributed by atoms with Crippen LogP contribution in [0.3, 0.4) is 0 Å². The van der Waals surface area contributed by atoms with Gasteiger partial charge in [0.1, 0.15) is 0 Å². The van der Waals surface area contributed by atoms with Gasteiger partial charge in [0, 0.05) is 32.1 Å². The summed E-state index contributed by atoms with van der Waals surface area (Å²) in [6.07, 6.45) is 5.27. The Morgan fingerprint density at radius 2 is 1.86 bits per heavy atom. The first-order valence-corrected chi connectivity index (χ1v) is 8.62. The fraction of sp³-hybridized carbons (Fsp3) is 0.706. The molecule has 0 spiro atoms.